The smallest absolute Gasteiger partial charge is 0.307 e. The fourth-order valence-corrected chi connectivity index (χ4v) is 1.39. The average molecular weight is 278 g/mol. The van der Waals surface area contributed by atoms with Crippen LogP contribution in [0.4, 0.5) is 0 Å². The molecule has 6 nitrogen and oxygen atoms in total. The number of carbonyl (C=O) groups excluding carboxylic acids is 1. The third-order valence-electron chi connectivity index (χ3n) is 2.25. The van der Waals surface area contributed by atoms with E-state index in [2.05, 4.69) is 0 Å². The normalized spacial score (nSPS) is 11.4. The zero-order chi connectivity index (χ0) is 13.0. The van der Waals surface area contributed by atoms with E-state index in [0.717, 1.165) is 0 Å². The first kappa shape index (κ1) is 16.3. The van der Waals surface area contributed by atoms with Crippen molar-refractivity contribution in [1.29, 1.82) is 0 Å². The average Bonchev–Trinajstić information content (AvgIpc) is 2.26. The molecule has 0 aliphatic rings. The maximum Gasteiger partial charge on any atom is 0.307 e. The third kappa shape index (κ3) is 3.68. The van der Waals surface area contributed by atoms with Gasteiger partial charge < -0.3 is 25.8 Å². The van der Waals surface area contributed by atoms with Gasteiger partial charge in [0.2, 0.25) is 5.75 Å². The van der Waals surface area contributed by atoms with Gasteiger partial charge in [-0.2, -0.15) is 0 Å². The molecule has 1 aromatic carbocycles. The molecule has 1 rings (SSSR count). The van der Waals surface area contributed by atoms with Gasteiger partial charge in [0.1, 0.15) is 0 Å². The monoisotopic (exact) mass is 277 g/mol. The Bertz CT molecular complexity index is 424. The Hall–Kier alpha value is -1.66. The molecule has 0 unspecified atom stereocenters. The molecule has 0 aliphatic carbocycles. The molecule has 7 heteroatoms. The highest BCUT2D eigenvalue weighted by molar-refractivity contribution is 5.85. The molecule has 0 heterocycles. The number of esters is 1. The molecule has 0 aromatic heterocycles. The van der Waals surface area contributed by atoms with E-state index in [9.17, 15) is 15.0 Å². The minimum absolute atomic E-state index is 0. The van der Waals surface area contributed by atoms with Gasteiger partial charge in [0.05, 0.1) is 13.0 Å². The number of ether oxygens (including phenoxy) is 1. The molecule has 0 radical (unpaired) electrons. The summed E-state index contributed by atoms with van der Waals surface area (Å²) in [6.07, 6.45) is -0.119. The Balaban J connectivity index is 0.00000289. The summed E-state index contributed by atoms with van der Waals surface area (Å²) in [5.41, 5.74) is 5.87. The lowest BCUT2D eigenvalue weighted by molar-refractivity contribution is -0.143. The van der Waals surface area contributed by atoms with Crippen LogP contribution in [0.15, 0.2) is 12.1 Å². The summed E-state index contributed by atoms with van der Waals surface area (Å²) in [6.45, 7) is 1.92. The number of hydrogen-bond acceptors (Lipinski definition) is 6. The van der Waals surface area contributed by atoms with Crippen LogP contribution in [0.5, 0.6) is 17.2 Å². The number of halogens is 1. The Morgan fingerprint density at radius 2 is 1.94 bits per heavy atom. The van der Waals surface area contributed by atoms with E-state index in [1.807, 2.05) is 0 Å². The Kier molecular flexibility index (Phi) is 6.29. The summed E-state index contributed by atoms with van der Waals surface area (Å²) in [5, 5.41) is 28.0. The second-order valence-electron chi connectivity index (χ2n) is 3.49. The minimum atomic E-state index is -0.805. The molecule has 0 saturated heterocycles. The first-order valence-electron chi connectivity index (χ1n) is 5.12. The number of rotatable bonds is 4. The number of phenolic OH excluding ortho intramolecular Hbond substituents is 3. The number of nitrogens with two attached hydrogens (primary N) is 1. The molecule has 0 spiro atoms. The Morgan fingerprint density at radius 1 is 1.33 bits per heavy atom. The number of carbonyl (C=O) groups is 1. The summed E-state index contributed by atoms with van der Waals surface area (Å²) in [7, 11) is 0. The molecule has 0 saturated carbocycles. The highest BCUT2D eigenvalue weighted by Crippen LogP contribution is 2.39. The van der Waals surface area contributed by atoms with E-state index in [1.54, 1.807) is 6.92 Å². The lowest BCUT2D eigenvalue weighted by Crippen LogP contribution is -2.17. The van der Waals surface area contributed by atoms with Gasteiger partial charge in [-0.3, -0.25) is 4.79 Å². The first-order chi connectivity index (χ1) is 7.97. The predicted octanol–water partition coefficient (Wildman–Crippen LogP) is 1.18. The van der Waals surface area contributed by atoms with Gasteiger partial charge >= 0.3 is 5.97 Å². The van der Waals surface area contributed by atoms with Crippen molar-refractivity contribution in [3.8, 4) is 17.2 Å². The van der Waals surface area contributed by atoms with Gasteiger partial charge in [0.25, 0.3) is 0 Å². The molecular formula is C11H16ClNO5. The molecule has 5 N–H and O–H groups in total. The van der Waals surface area contributed by atoms with Gasteiger partial charge in [-0.1, -0.05) is 0 Å². The maximum atomic E-state index is 11.2. The van der Waals surface area contributed by atoms with Crippen LogP contribution in [-0.4, -0.2) is 27.9 Å². The van der Waals surface area contributed by atoms with Crippen LogP contribution in [0.3, 0.4) is 0 Å². The van der Waals surface area contributed by atoms with Gasteiger partial charge in [-0.05, 0) is 19.1 Å². The molecular weight excluding hydrogens is 262 g/mol. The lowest BCUT2D eigenvalue weighted by atomic mass is 10.0. The van der Waals surface area contributed by atoms with Gasteiger partial charge in [-0.25, -0.2) is 0 Å². The van der Waals surface area contributed by atoms with Crippen LogP contribution in [-0.2, 0) is 9.53 Å². The standard InChI is InChI=1S/C11H15NO5.ClH/c1-2-17-9(14)5-7(12)6-3-4-8(13)11(16)10(6)15;/h3-4,7,13,15-16H,2,5,12H2,1H3;1H/t7-;/m1./s1. The lowest BCUT2D eigenvalue weighted by Gasteiger charge is -2.14. The highest BCUT2D eigenvalue weighted by Gasteiger charge is 2.19. The van der Waals surface area contributed by atoms with Crippen LogP contribution in [0.2, 0.25) is 0 Å². The molecule has 0 bridgehead atoms. The molecule has 102 valence electrons. The molecule has 18 heavy (non-hydrogen) atoms. The summed E-state index contributed by atoms with van der Waals surface area (Å²) in [5.74, 6) is -2.12. The van der Waals surface area contributed by atoms with E-state index in [1.165, 1.54) is 12.1 Å². The van der Waals surface area contributed by atoms with E-state index < -0.39 is 29.3 Å². The molecule has 0 fully saturated rings. The van der Waals surface area contributed by atoms with Gasteiger partial charge in [0, 0.05) is 11.6 Å². The van der Waals surface area contributed by atoms with Crippen LogP contribution >= 0.6 is 12.4 Å². The zero-order valence-electron chi connectivity index (χ0n) is 9.79. The topological polar surface area (TPSA) is 113 Å². The molecule has 1 aromatic rings. The SMILES string of the molecule is CCOC(=O)C[C@@H](N)c1ccc(O)c(O)c1O.Cl. The predicted molar refractivity (Wildman–Crippen MR) is 66.9 cm³/mol. The van der Waals surface area contributed by atoms with Gasteiger partial charge in [-0.15, -0.1) is 12.4 Å². The quantitative estimate of drug-likeness (QED) is 0.485. The van der Waals surface area contributed by atoms with Crippen LogP contribution in [0, 0.1) is 0 Å². The van der Waals surface area contributed by atoms with Crippen LogP contribution < -0.4 is 5.73 Å². The fourth-order valence-electron chi connectivity index (χ4n) is 1.39. The Labute approximate surface area is 110 Å². The van der Waals surface area contributed by atoms with Gasteiger partial charge in [0.15, 0.2) is 11.5 Å². The number of hydrogen-bond donors (Lipinski definition) is 4. The second-order valence-corrected chi connectivity index (χ2v) is 3.49. The summed E-state index contributed by atoms with van der Waals surface area (Å²) in [6, 6.07) is 1.73. The van der Waals surface area contributed by atoms with Crippen molar-refractivity contribution in [3.05, 3.63) is 17.7 Å². The van der Waals surface area contributed by atoms with Crippen molar-refractivity contribution in [2.24, 2.45) is 5.73 Å². The fraction of sp³-hybridized carbons (Fsp3) is 0.364. The van der Waals surface area contributed by atoms with Crippen molar-refractivity contribution in [3.63, 3.8) is 0 Å². The Morgan fingerprint density at radius 3 is 2.50 bits per heavy atom. The summed E-state index contributed by atoms with van der Waals surface area (Å²) >= 11 is 0. The van der Waals surface area contributed by atoms with Crippen LogP contribution in [0.1, 0.15) is 24.9 Å². The van der Waals surface area contributed by atoms with Crippen molar-refractivity contribution < 1.29 is 24.9 Å². The number of phenols is 3. The first-order valence-corrected chi connectivity index (χ1v) is 5.12. The summed E-state index contributed by atoms with van der Waals surface area (Å²) < 4.78 is 4.72. The maximum absolute atomic E-state index is 11.2. The van der Waals surface area contributed by atoms with Crippen molar-refractivity contribution in [2.75, 3.05) is 6.61 Å². The van der Waals surface area contributed by atoms with Crippen LogP contribution in [0.25, 0.3) is 0 Å². The highest BCUT2D eigenvalue weighted by atomic mass is 35.5. The van der Waals surface area contributed by atoms with E-state index in [0.29, 0.717) is 0 Å². The molecule has 1 atom stereocenters. The third-order valence-corrected chi connectivity index (χ3v) is 2.25. The van der Waals surface area contributed by atoms with Crippen molar-refractivity contribution in [2.45, 2.75) is 19.4 Å². The molecule has 0 aliphatic heterocycles. The summed E-state index contributed by atoms with van der Waals surface area (Å²) in [4.78, 5) is 11.2. The van der Waals surface area contributed by atoms with E-state index in [-0.39, 0.29) is 31.0 Å². The number of benzene rings is 1. The molecule has 0 amide bonds. The van der Waals surface area contributed by atoms with E-state index >= 15 is 0 Å². The van der Waals surface area contributed by atoms with Crippen molar-refractivity contribution in [1.82, 2.24) is 0 Å². The van der Waals surface area contributed by atoms with E-state index in [4.69, 9.17) is 15.6 Å². The number of aromatic hydroxyl groups is 3. The minimum Gasteiger partial charge on any atom is -0.504 e. The largest absolute Gasteiger partial charge is 0.504 e. The zero-order valence-corrected chi connectivity index (χ0v) is 10.6. The van der Waals surface area contributed by atoms with Crippen molar-refractivity contribution >= 4 is 18.4 Å². The second kappa shape index (κ2) is 6.93.